The van der Waals surface area contributed by atoms with Crippen molar-refractivity contribution in [1.29, 1.82) is 0 Å². The zero-order valence-corrected chi connectivity index (χ0v) is 18.2. The van der Waals surface area contributed by atoms with Gasteiger partial charge in [0.15, 0.2) is 5.88 Å². The molecular formula is C21H34N4O2S. The number of aromatic amines is 1. The fourth-order valence-electron chi connectivity index (χ4n) is 3.29. The predicted octanol–water partition coefficient (Wildman–Crippen LogP) is 3.54. The summed E-state index contributed by atoms with van der Waals surface area (Å²) in [6.45, 7) is 11.4. The summed E-state index contributed by atoms with van der Waals surface area (Å²) in [6, 6.07) is 2.36. The molecule has 1 aromatic heterocycles. The maximum atomic E-state index is 11.5. The van der Waals surface area contributed by atoms with E-state index < -0.39 is 5.91 Å². The lowest BCUT2D eigenvalue weighted by Crippen LogP contribution is -2.40. The van der Waals surface area contributed by atoms with Crippen LogP contribution in [0.15, 0.2) is 24.8 Å². The van der Waals surface area contributed by atoms with Crippen LogP contribution in [0, 0.1) is 4.64 Å². The van der Waals surface area contributed by atoms with Crippen LogP contribution in [0.1, 0.15) is 50.7 Å². The lowest BCUT2D eigenvalue weighted by Gasteiger charge is -2.32. The quantitative estimate of drug-likeness (QED) is 0.366. The van der Waals surface area contributed by atoms with Crippen molar-refractivity contribution in [2.45, 2.75) is 52.0 Å². The van der Waals surface area contributed by atoms with Gasteiger partial charge in [0.25, 0.3) is 0 Å². The molecule has 0 bridgehead atoms. The van der Waals surface area contributed by atoms with Crippen molar-refractivity contribution < 1.29 is 9.53 Å². The Bertz CT molecular complexity index is 757. The summed E-state index contributed by atoms with van der Waals surface area (Å²) in [7, 11) is 2.14. The summed E-state index contributed by atoms with van der Waals surface area (Å²) in [6.07, 6.45) is 5.35. The SMILES string of the molecule is C=C.CCCc1cc(OCC2CCCCN2C)[nH]c(=S)c1/C(N)=C(\C)C(N)=O. The molecule has 0 aromatic carbocycles. The van der Waals surface area contributed by atoms with Crippen molar-refractivity contribution in [2.24, 2.45) is 11.5 Å². The smallest absolute Gasteiger partial charge is 0.246 e. The minimum atomic E-state index is -0.542. The third kappa shape index (κ3) is 6.21. The second kappa shape index (κ2) is 11.7. The number of nitrogens with zero attached hydrogens (tertiary/aromatic N) is 1. The van der Waals surface area contributed by atoms with E-state index in [4.69, 9.17) is 28.4 Å². The molecule has 5 N–H and O–H groups in total. The van der Waals surface area contributed by atoms with E-state index >= 15 is 0 Å². The maximum absolute atomic E-state index is 11.5. The number of likely N-dealkylation sites (tertiary alicyclic amines) is 1. The van der Waals surface area contributed by atoms with Gasteiger partial charge in [-0.25, -0.2) is 0 Å². The number of carbonyl (C=O) groups is 1. The van der Waals surface area contributed by atoms with Crippen LogP contribution in [0.4, 0.5) is 0 Å². The summed E-state index contributed by atoms with van der Waals surface area (Å²) < 4.78 is 6.49. The molecule has 1 aliphatic heterocycles. The van der Waals surface area contributed by atoms with E-state index in [1.165, 1.54) is 12.8 Å². The second-order valence-electron chi connectivity index (χ2n) is 6.96. The van der Waals surface area contributed by atoms with Gasteiger partial charge in [0.05, 0.1) is 5.70 Å². The fraction of sp³-hybridized carbons (Fsp3) is 0.524. The largest absolute Gasteiger partial charge is 0.477 e. The molecule has 2 rings (SSSR count). The molecule has 1 amide bonds. The van der Waals surface area contributed by atoms with Crippen LogP contribution in [-0.4, -0.2) is 42.0 Å². The molecule has 1 atom stereocenters. The molecule has 7 heteroatoms. The van der Waals surface area contributed by atoms with Gasteiger partial charge in [0.1, 0.15) is 11.2 Å². The van der Waals surface area contributed by atoms with Gasteiger partial charge >= 0.3 is 0 Å². The molecule has 0 saturated carbocycles. The normalized spacial score (nSPS) is 17.9. The van der Waals surface area contributed by atoms with Crippen molar-refractivity contribution in [2.75, 3.05) is 20.2 Å². The topological polar surface area (TPSA) is 97.4 Å². The first kappa shape index (κ1) is 23.9. The van der Waals surface area contributed by atoms with Crippen LogP contribution in [0.2, 0.25) is 0 Å². The minimum absolute atomic E-state index is 0.319. The van der Waals surface area contributed by atoms with Crippen LogP contribution < -0.4 is 16.2 Å². The molecule has 1 aliphatic rings. The van der Waals surface area contributed by atoms with Gasteiger partial charge in [-0.05, 0) is 45.3 Å². The average Bonchev–Trinajstić information content (AvgIpc) is 2.68. The van der Waals surface area contributed by atoms with Crippen molar-refractivity contribution in [1.82, 2.24) is 9.88 Å². The molecule has 0 aliphatic carbocycles. The lowest BCUT2D eigenvalue weighted by molar-refractivity contribution is -0.114. The molecule has 0 radical (unpaired) electrons. The van der Waals surface area contributed by atoms with E-state index in [2.05, 4.69) is 37.0 Å². The standard InChI is InChI=1S/C19H30N4O2S.C2H4/c1-4-7-13-10-15(25-11-14-8-5-6-9-23(14)3)22-19(26)16(13)17(20)12(2)18(21)24;1-2/h10,14H,4-9,11,20H2,1-3H3,(H2,21,24)(H,22,26);1-2H2/b17-12-;. The molecule has 1 saturated heterocycles. The molecule has 1 unspecified atom stereocenters. The van der Waals surface area contributed by atoms with Crippen LogP contribution in [0.5, 0.6) is 5.88 Å². The number of amides is 1. The van der Waals surface area contributed by atoms with Crippen LogP contribution in [0.25, 0.3) is 5.70 Å². The third-order valence-corrected chi connectivity index (χ3v) is 5.31. The molecular weight excluding hydrogens is 372 g/mol. The molecule has 1 aromatic rings. The second-order valence-corrected chi connectivity index (χ2v) is 7.37. The number of hydrogen-bond donors (Lipinski definition) is 3. The van der Waals surface area contributed by atoms with Crippen molar-refractivity contribution in [3.8, 4) is 5.88 Å². The molecule has 6 nitrogen and oxygen atoms in total. The number of ether oxygens (including phenoxy) is 1. The third-order valence-electron chi connectivity index (χ3n) is 5.01. The first-order valence-electron chi connectivity index (χ1n) is 9.70. The number of pyridine rings is 1. The highest BCUT2D eigenvalue weighted by molar-refractivity contribution is 7.71. The van der Waals surface area contributed by atoms with Gasteiger partial charge in [0, 0.05) is 23.2 Å². The van der Waals surface area contributed by atoms with E-state index in [-0.39, 0.29) is 0 Å². The summed E-state index contributed by atoms with van der Waals surface area (Å²) in [5.74, 6) is 0.103. The van der Waals surface area contributed by atoms with Gasteiger partial charge in [-0.3, -0.25) is 4.79 Å². The lowest BCUT2D eigenvalue weighted by atomic mass is 10.0. The van der Waals surface area contributed by atoms with Gasteiger partial charge in [-0.1, -0.05) is 32.0 Å². The van der Waals surface area contributed by atoms with Crippen LogP contribution in [0.3, 0.4) is 0 Å². The van der Waals surface area contributed by atoms with E-state index in [1.54, 1.807) is 6.92 Å². The number of piperidine rings is 1. The number of nitrogens with two attached hydrogens (primary N) is 2. The zero-order valence-electron chi connectivity index (χ0n) is 17.3. The van der Waals surface area contributed by atoms with Gasteiger partial charge in [-0.15, -0.1) is 13.2 Å². The number of carbonyl (C=O) groups excluding carboxylic acids is 1. The number of nitrogens with one attached hydrogen (secondary N) is 1. The molecule has 1 fully saturated rings. The van der Waals surface area contributed by atoms with E-state index in [0.29, 0.717) is 40.0 Å². The number of rotatable bonds is 7. The van der Waals surface area contributed by atoms with Crippen molar-refractivity contribution in [3.63, 3.8) is 0 Å². The Morgan fingerprint density at radius 1 is 1.39 bits per heavy atom. The highest BCUT2D eigenvalue weighted by atomic mass is 32.1. The van der Waals surface area contributed by atoms with Crippen LogP contribution in [-0.2, 0) is 11.2 Å². The van der Waals surface area contributed by atoms with E-state index in [0.717, 1.165) is 31.4 Å². The summed E-state index contributed by atoms with van der Waals surface area (Å²) in [5.41, 5.74) is 13.9. The summed E-state index contributed by atoms with van der Waals surface area (Å²) in [5, 5.41) is 0. The van der Waals surface area contributed by atoms with E-state index in [9.17, 15) is 4.79 Å². The van der Waals surface area contributed by atoms with Crippen molar-refractivity contribution >= 4 is 23.8 Å². The Labute approximate surface area is 173 Å². The Morgan fingerprint density at radius 3 is 2.64 bits per heavy atom. The number of hydrogen-bond acceptors (Lipinski definition) is 5. The molecule has 0 spiro atoms. The van der Waals surface area contributed by atoms with Crippen LogP contribution >= 0.6 is 12.2 Å². The number of likely N-dealkylation sites (N-methyl/N-ethyl adjacent to an activating group) is 1. The fourth-order valence-corrected chi connectivity index (χ4v) is 3.63. The molecule has 28 heavy (non-hydrogen) atoms. The molecule has 2 heterocycles. The Morgan fingerprint density at radius 2 is 2.07 bits per heavy atom. The van der Waals surface area contributed by atoms with Gasteiger partial charge < -0.3 is 26.1 Å². The maximum Gasteiger partial charge on any atom is 0.246 e. The van der Waals surface area contributed by atoms with E-state index in [1.807, 2.05) is 6.07 Å². The van der Waals surface area contributed by atoms with Crippen molar-refractivity contribution in [3.05, 3.63) is 40.6 Å². The Kier molecular flexibility index (Phi) is 9.96. The number of aromatic nitrogens is 1. The Balaban J connectivity index is 0.00000190. The highest BCUT2D eigenvalue weighted by Gasteiger charge is 2.20. The predicted molar refractivity (Wildman–Crippen MR) is 119 cm³/mol. The number of primary amides is 1. The van der Waals surface area contributed by atoms with Gasteiger partial charge in [0.2, 0.25) is 5.91 Å². The first-order chi connectivity index (χ1) is 13.3. The summed E-state index contributed by atoms with van der Waals surface area (Å²) in [4.78, 5) is 16.9. The first-order valence-corrected chi connectivity index (χ1v) is 10.1. The summed E-state index contributed by atoms with van der Waals surface area (Å²) >= 11 is 5.50. The molecule has 156 valence electrons. The zero-order chi connectivity index (χ0) is 21.3. The average molecular weight is 407 g/mol. The number of H-pyrrole nitrogens is 1. The monoisotopic (exact) mass is 406 g/mol. The number of aryl methyl sites for hydroxylation is 1. The Hall–Kier alpha value is -2.12. The van der Waals surface area contributed by atoms with Gasteiger partial charge in [-0.2, -0.15) is 0 Å². The minimum Gasteiger partial charge on any atom is -0.477 e. The highest BCUT2D eigenvalue weighted by Crippen LogP contribution is 2.25.